The fraction of sp³-hybridized carbons (Fsp3) is 0.688. The number of Topliss-reactive ketones (excluding diaryl/α,β-unsaturated/α-hetero) is 1. The van der Waals surface area contributed by atoms with Gasteiger partial charge in [-0.25, -0.2) is 0 Å². The van der Waals surface area contributed by atoms with E-state index in [1.807, 2.05) is 33.8 Å². The highest BCUT2D eigenvalue weighted by Gasteiger charge is 2.31. The number of carbonyl (C=O) groups is 1. The molecule has 0 rings (SSSR count). The van der Waals surface area contributed by atoms with E-state index in [4.69, 9.17) is 4.74 Å². The van der Waals surface area contributed by atoms with Crippen molar-refractivity contribution in [2.45, 2.75) is 71.9 Å². The Kier molecular flexibility index (Phi) is 7.92. The first kappa shape index (κ1) is 20.1. The Balaban J connectivity index is 5.79. The van der Waals surface area contributed by atoms with Crippen LogP contribution in [0.3, 0.4) is 0 Å². The second-order valence-electron chi connectivity index (χ2n) is 7.01. The molecule has 0 aromatic carbocycles. The van der Waals surface area contributed by atoms with Gasteiger partial charge in [-0.2, -0.15) is 0 Å². The zero-order valence-corrected chi connectivity index (χ0v) is 17.1. The standard InChI is InChI=1S/C16H29IO2Si/c1-9-11-12(15(17)20(6,7)8)14(13(18)10-2)19-16(3,4)5/h9,14H,1,10-11H2,2-8H3/b15-12+. The molecule has 2 nitrogen and oxygen atoms in total. The highest BCUT2D eigenvalue weighted by Crippen LogP contribution is 2.32. The summed E-state index contributed by atoms with van der Waals surface area (Å²) < 4.78 is 7.41. The number of hydrogen-bond acceptors (Lipinski definition) is 2. The molecule has 116 valence electrons. The van der Waals surface area contributed by atoms with Crippen LogP contribution >= 0.6 is 22.6 Å². The molecule has 0 saturated heterocycles. The number of ether oxygens (including phenoxy) is 1. The Morgan fingerprint density at radius 1 is 1.35 bits per heavy atom. The molecule has 0 amide bonds. The third kappa shape index (κ3) is 6.67. The summed E-state index contributed by atoms with van der Waals surface area (Å²) in [6.45, 7) is 18.6. The molecule has 0 aromatic rings. The number of ketones is 1. The largest absolute Gasteiger partial charge is 0.360 e. The zero-order chi connectivity index (χ0) is 16.1. The fourth-order valence-electron chi connectivity index (χ4n) is 1.82. The van der Waals surface area contributed by atoms with Crippen LogP contribution in [-0.4, -0.2) is 25.6 Å². The minimum atomic E-state index is -1.47. The quantitative estimate of drug-likeness (QED) is 0.325. The minimum Gasteiger partial charge on any atom is -0.360 e. The first-order valence-electron chi connectivity index (χ1n) is 7.14. The molecule has 1 unspecified atom stereocenters. The first-order valence-corrected chi connectivity index (χ1v) is 11.7. The predicted octanol–water partition coefficient (Wildman–Crippen LogP) is 5.29. The number of allylic oxidation sites excluding steroid dienone is 1. The second kappa shape index (κ2) is 7.89. The summed E-state index contributed by atoms with van der Waals surface area (Å²) in [7, 11) is -1.47. The van der Waals surface area contributed by atoms with Crippen LogP contribution in [0.2, 0.25) is 19.6 Å². The van der Waals surface area contributed by atoms with Gasteiger partial charge in [-0.05, 0) is 36.0 Å². The van der Waals surface area contributed by atoms with Gasteiger partial charge in [0.2, 0.25) is 0 Å². The van der Waals surface area contributed by atoms with Crippen molar-refractivity contribution in [1.29, 1.82) is 0 Å². The normalized spacial score (nSPS) is 15.6. The average Bonchev–Trinajstić information content (AvgIpc) is 2.29. The van der Waals surface area contributed by atoms with Gasteiger partial charge in [-0.1, -0.05) is 55.2 Å². The Bertz CT molecular complexity index is 386. The third-order valence-electron chi connectivity index (χ3n) is 2.73. The molecule has 0 heterocycles. The van der Waals surface area contributed by atoms with Crippen molar-refractivity contribution in [1.82, 2.24) is 0 Å². The van der Waals surface area contributed by atoms with Crippen LogP contribution in [0, 0.1) is 0 Å². The van der Waals surface area contributed by atoms with Crippen LogP contribution in [0.15, 0.2) is 21.4 Å². The van der Waals surface area contributed by atoms with Crippen LogP contribution in [0.4, 0.5) is 0 Å². The molecular formula is C16H29IO2Si. The molecule has 4 heteroatoms. The highest BCUT2D eigenvalue weighted by atomic mass is 127. The molecule has 0 radical (unpaired) electrons. The number of rotatable bonds is 7. The molecule has 0 N–H and O–H groups in total. The summed E-state index contributed by atoms with van der Waals surface area (Å²) in [4.78, 5) is 12.4. The van der Waals surface area contributed by atoms with Crippen molar-refractivity contribution in [3.05, 3.63) is 21.4 Å². The van der Waals surface area contributed by atoms with Crippen molar-refractivity contribution in [2.24, 2.45) is 0 Å². The van der Waals surface area contributed by atoms with E-state index in [-0.39, 0.29) is 11.4 Å². The van der Waals surface area contributed by atoms with E-state index in [1.165, 1.54) is 3.20 Å². The van der Waals surface area contributed by atoms with E-state index in [0.717, 1.165) is 12.0 Å². The monoisotopic (exact) mass is 408 g/mol. The maximum Gasteiger partial charge on any atom is 0.165 e. The van der Waals surface area contributed by atoms with E-state index < -0.39 is 14.2 Å². The van der Waals surface area contributed by atoms with Gasteiger partial charge in [-0.15, -0.1) is 6.58 Å². The van der Waals surface area contributed by atoms with Gasteiger partial charge in [0, 0.05) is 6.42 Å². The lowest BCUT2D eigenvalue weighted by Crippen LogP contribution is -2.36. The van der Waals surface area contributed by atoms with Crippen molar-refractivity contribution >= 4 is 36.4 Å². The minimum absolute atomic E-state index is 0.157. The lowest BCUT2D eigenvalue weighted by Gasteiger charge is -2.31. The Morgan fingerprint density at radius 3 is 2.15 bits per heavy atom. The lowest BCUT2D eigenvalue weighted by molar-refractivity contribution is -0.136. The van der Waals surface area contributed by atoms with Crippen molar-refractivity contribution in [3.8, 4) is 0 Å². The molecule has 0 aliphatic carbocycles. The first-order chi connectivity index (χ1) is 8.94. The molecule has 0 aromatic heterocycles. The SMILES string of the molecule is C=CC/C(=C(/I)[Si](C)(C)C)C(OC(C)(C)C)C(=O)CC. The smallest absolute Gasteiger partial charge is 0.165 e. The maximum atomic E-state index is 12.4. The molecule has 0 spiro atoms. The van der Waals surface area contributed by atoms with E-state index in [2.05, 4.69) is 48.8 Å². The maximum absolute atomic E-state index is 12.4. The Morgan fingerprint density at radius 2 is 1.85 bits per heavy atom. The van der Waals surface area contributed by atoms with Gasteiger partial charge in [0.25, 0.3) is 0 Å². The van der Waals surface area contributed by atoms with Gasteiger partial charge < -0.3 is 4.74 Å². The van der Waals surface area contributed by atoms with E-state index >= 15 is 0 Å². The molecule has 0 fully saturated rings. The topological polar surface area (TPSA) is 26.3 Å². The summed E-state index contributed by atoms with van der Waals surface area (Å²) in [5.41, 5.74) is 0.777. The summed E-state index contributed by atoms with van der Waals surface area (Å²) in [6.07, 6.45) is 2.65. The van der Waals surface area contributed by atoms with Gasteiger partial charge >= 0.3 is 0 Å². The van der Waals surface area contributed by atoms with Gasteiger partial charge in [0.1, 0.15) is 6.10 Å². The van der Waals surface area contributed by atoms with Crippen LogP contribution < -0.4 is 0 Å². The fourth-order valence-corrected chi connectivity index (χ4v) is 3.52. The van der Waals surface area contributed by atoms with E-state index in [9.17, 15) is 4.79 Å². The molecule has 1 atom stereocenters. The number of hydrogen-bond donors (Lipinski definition) is 0. The number of carbonyl (C=O) groups excluding carboxylic acids is 1. The second-order valence-corrected chi connectivity index (χ2v) is 14.1. The lowest BCUT2D eigenvalue weighted by atomic mass is 10.0. The summed E-state index contributed by atoms with van der Waals surface area (Å²) >= 11 is 2.41. The molecule has 0 bridgehead atoms. The Hall–Kier alpha value is 0.0569. The van der Waals surface area contributed by atoms with Crippen LogP contribution in [-0.2, 0) is 9.53 Å². The van der Waals surface area contributed by atoms with Crippen molar-refractivity contribution < 1.29 is 9.53 Å². The number of halogens is 1. The summed E-state index contributed by atoms with van der Waals surface area (Å²) in [6, 6.07) is 0. The predicted molar refractivity (Wildman–Crippen MR) is 99.1 cm³/mol. The summed E-state index contributed by atoms with van der Waals surface area (Å²) in [5, 5.41) is 0. The van der Waals surface area contributed by atoms with Gasteiger partial charge in [0.05, 0.1) is 13.7 Å². The highest BCUT2D eigenvalue weighted by molar-refractivity contribution is 14.1. The zero-order valence-electron chi connectivity index (χ0n) is 14.0. The van der Waals surface area contributed by atoms with E-state index in [0.29, 0.717) is 6.42 Å². The third-order valence-corrected chi connectivity index (χ3v) is 9.92. The van der Waals surface area contributed by atoms with Crippen LogP contribution in [0.1, 0.15) is 40.5 Å². The van der Waals surface area contributed by atoms with Crippen molar-refractivity contribution in [2.75, 3.05) is 0 Å². The molecular weight excluding hydrogens is 379 g/mol. The van der Waals surface area contributed by atoms with Gasteiger partial charge in [-0.3, -0.25) is 4.79 Å². The molecule has 0 aliphatic heterocycles. The average molecular weight is 408 g/mol. The molecule has 0 aliphatic rings. The van der Waals surface area contributed by atoms with Crippen LogP contribution in [0.5, 0.6) is 0 Å². The van der Waals surface area contributed by atoms with Gasteiger partial charge in [0.15, 0.2) is 5.78 Å². The summed E-state index contributed by atoms with van der Waals surface area (Å²) in [5.74, 6) is 0.157. The van der Waals surface area contributed by atoms with Crippen LogP contribution in [0.25, 0.3) is 0 Å². The Labute approximate surface area is 139 Å². The van der Waals surface area contributed by atoms with E-state index in [1.54, 1.807) is 0 Å². The molecule has 0 saturated carbocycles. The van der Waals surface area contributed by atoms with Crippen molar-refractivity contribution in [3.63, 3.8) is 0 Å². The molecule has 20 heavy (non-hydrogen) atoms.